The van der Waals surface area contributed by atoms with Gasteiger partial charge in [0.15, 0.2) is 0 Å². The Morgan fingerprint density at radius 3 is 2.40 bits per heavy atom. The van der Waals surface area contributed by atoms with E-state index in [9.17, 15) is 4.79 Å². The molecule has 0 spiro atoms. The highest BCUT2D eigenvalue weighted by Crippen LogP contribution is 2.22. The zero-order chi connectivity index (χ0) is 21.3. The summed E-state index contributed by atoms with van der Waals surface area (Å²) in [7, 11) is 5.64. The summed E-state index contributed by atoms with van der Waals surface area (Å²) in [6.45, 7) is 0.943. The van der Waals surface area contributed by atoms with E-state index in [-0.39, 0.29) is 11.9 Å². The van der Waals surface area contributed by atoms with Crippen LogP contribution in [-0.4, -0.2) is 38.6 Å². The van der Waals surface area contributed by atoms with Crippen LogP contribution in [0, 0.1) is 0 Å². The number of amides is 1. The van der Waals surface area contributed by atoms with Crippen molar-refractivity contribution >= 4 is 5.91 Å². The predicted molar refractivity (Wildman–Crippen MR) is 119 cm³/mol. The Morgan fingerprint density at radius 2 is 1.67 bits per heavy atom. The van der Waals surface area contributed by atoms with E-state index in [1.54, 1.807) is 19.2 Å². The van der Waals surface area contributed by atoms with Crippen molar-refractivity contribution in [3.05, 3.63) is 95.6 Å². The van der Waals surface area contributed by atoms with Gasteiger partial charge in [0.05, 0.1) is 13.2 Å². The van der Waals surface area contributed by atoms with Gasteiger partial charge in [-0.3, -0.25) is 4.79 Å². The molecule has 0 saturated carbocycles. The molecule has 5 nitrogen and oxygen atoms in total. The van der Waals surface area contributed by atoms with E-state index in [0.29, 0.717) is 24.5 Å². The average Bonchev–Trinajstić information content (AvgIpc) is 2.78. The molecule has 0 aliphatic heterocycles. The van der Waals surface area contributed by atoms with Crippen LogP contribution in [0.2, 0.25) is 0 Å². The topological polar surface area (TPSA) is 50.8 Å². The first-order valence-electron chi connectivity index (χ1n) is 9.92. The van der Waals surface area contributed by atoms with Crippen LogP contribution in [-0.2, 0) is 6.61 Å². The first-order chi connectivity index (χ1) is 14.6. The van der Waals surface area contributed by atoms with Crippen molar-refractivity contribution in [1.82, 2.24) is 10.2 Å². The van der Waals surface area contributed by atoms with Crippen molar-refractivity contribution in [2.24, 2.45) is 0 Å². The number of ether oxygens (including phenoxy) is 2. The molecular weight excluding hydrogens is 376 g/mol. The average molecular weight is 405 g/mol. The minimum atomic E-state index is -0.130. The third kappa shape index (κ3) is 5.84. The summed E-state index contributed by atoms with van der Waals surface area (Å²) in [4.78, 5) is 14.8. The molecule has 1 amide bonds. The lowest BCUT2D eigenvalue weighted by Crippen LogP contribution is -2.34. The molecule has 3 aromatic carbocycles. The van der Waals surface area contributed by atoms with E-state index in [2.05, 4.69) is 10.2 Å². The molecule has 1 N–H and O–H groups in total. The van der Waals surface area contributed by atoms with E-state index in [1.807, 2.05) is 80.8 Å². The van der Waals surface area contributed by atoms with E-state index in [4.69, 9.17) is 9.47 Å². The molecule has 0 aliphatic carbocycles. The Morgan fingerprint density at radius 1 is 0.933 bits per heavy atom. The van der Waals surface area contributed by atoms with E-state index in [0.717, 1.165) is 16.9 Å². The fourth-order valence-corrected chi connectivity index (χ4v) is 3.21. The maximum Gasteiger partial charge on any atom is 0.251 e. The van der Waals surface area contributed by atoms with Gasteiger partial charge < -0.3 is 19.7 Å². The lowest BCUT2D eigenvalue weighted by Gasteiger charge is -2.25. The van der Waals surface area contributed by atoms with Crippen molar-refractivity contribution in [3.63, 3.8) is 0 Å². The zero-order valence-electron chi connectivity index (χ0n) is 17.7. The molecule has 5 heteroatoms. The maximum absolute atomic E-state index is 12.7. The second-order valence-electron chi connectivity index (χ2n) is 7.27. The van der Waals surface area contributed by atoms with Crippen LogP contribution in [0.5, 0.6) is 11.5 Å². The van der Waals surface area contributed by atoms with Gasteiger partial charge in [0.2, 0.25) is 0 Å². The van der Waals surface area contributed by atoms with E-state index < -0.39 is 0 Å². The smallest absolute Gasteiger partial charge is 0.251 e. The van der Waals surface area contributed by atoms with Gasteiger partial charge in [-0.2, -0.15) is 0 Å². The number of benzene rings is 3. The molecular formula is C25H28N2O3. The van der Waals surface area contributed by atoms with Gasteiger partial charge in [-0.15, -0.1) is 0 Å². The predicted octanol–water partition coefficient (Wildman–Crippen LogP) is 4.31. The first-order valence-corrected chi connectivity index (χ1v) is 9.92. The van der Waals surface area contributed by atoms with Crippen molar-refractivity contribution in [1.29, 1.82) is 0 Å². The van der Waals surface area contributed by atoms with Gasteiger partial charge in [-0.1, -0.05) is 48.5 Å². The molecule has 0 aromatic heterocycles. The number of carbonyl (C=O) groups is 1. The summed E-state index contributed by atoms with van der Waals surface area (Å²) in [6, 6.07) is 25.1. The second-order valence-corrected chi connectivity index (χ2v) is 7.27. The number of rotatable bonds is 9. The van der Waals surface area contributed by atoms with Crippen LogP contribution >= 0.6 is 0 Å². The summed E-state index contributed by atoms with van der Waals surface area (Å²) in [5.74, 6) is 1.34. The molecule has 0 saturated heterocycles. The number of likely N-dealkylation sites (N-methyl/N-ethyl adjacent to an activating group) is 1. The van der Waals surface area contributed by atoms with Gasteiger partial charge >= 0.3 is 0 Å². The summed E-state index contributed by atoms with van der Waals surface area (Å²) in [5.41, 5.74) is 2.74. The summed E-state index contributed by atoms with van der Waals surface area (Å²) in [6.07, 6.45) is 0. The highest BCUT2D eigenvalue weighted by molar-refractivity contribution is 5.94. The Bertz CT molecular complexity index is 957. The first kappa shape index (κ1) is 21.4. The number of hydrogen-bond donors (Lipinski definition) is 1. The molecule has 30 heavy (non-hydrogen) atoms. The quantitative estimate of drug-likeness (QED) is 0.578. The zero-order valence-corrected chi connectivity index (χ0v) is 17.7. The molecule has 0 aliphatic rings. The normalized spacial score (nSPS) is 11.7. The van der Waals surface area contributed by atoms with Crippen LogP contribution in [0.4, 0.5) is 0 Å². The van der Waals surface area contributed by atoms with Gasteiger partial charge in [-0.25, -0.2) is 0 Å². The minimum absolute atomic E-state index is 0.0292. The monoisotopic (exact) mass is 404 g/mol. The maximum atomic E-state index is 12.7. The molecule has 3 aromatic rings. The molecule has 156 valence electrons. The largest absolute Gasteiger partial charge is 0.497 e. The third-order valence-electron chi connectivity index (χ3n) is 4.90. The van der Waals surface area contributed by atoms with Gasteiger partial charge in [-0.05, 0) is 55.6 Å². The van der Waals surface area contributed by atoms with Crippen molar-refractivity contribution in [3.8, 4) is 11.5 Å². The minimum Gasteiger partial charge on any atom is -0.497 e. The molecule has 1 unspecified atom stereocenters. The summed E-state index contributed by atoms with van der Waals surface area (Å²) < 4.78 is 11.2. The molecule has 1 atom stereocenters. The Kier molecular flexibility index (Phi) is 7.46. The summed E-state index contributed by atoms with van der Waals surface area (Å²) >= 11 is 0. The van der Waals surface area contributed by atoms with Gasteiger partial charge in [0.1, 0.15) is 18.1 Å². The van der Waals surface area contributed by atoms with Crippen molar-refractivity contribution in [2.45, 2.75) is 12.6 Å². The van der Waals surface area contributed by atoms with E-state index >= 15 is 0 Å². The van der Waals surface area contributed by atoms with Crippen LogP contribution < -0.4 is 14.8 Å². The Labute approximate surface area is 178 Å². The molecule has 0 bridgehead atoms. The number of hydrogen-bond acceptors (Lipinski definition) is 4. The van der Waals surface area contributed by atoms with E-state index in [1.165, 1.54) is 0 Å². The van der Waals surface area contributed by atoms with Crippen LogP contribution in [0.1, 0.15) is 27.5 Å². The highest BCUT2D eigenvalue weighted by atomic mass is 16.5. The van der Waals surface area contributed by atoms with Crippen molar-refractivity contribution in [2.75, 3.05) is 27.7 Å². The molecule has 0 fully saturated rings. The standard InChI is InChI=1S/C25H28N2O3/c1-27(2)24(20-11-7-13-22(15-20)29-3)17-26-25(28)21-12-8-14-23(16-21)30-18-19-9-5-4-6-10-19/h4-16,24H,17-18H2,1-3H3,(H,26,28). The molecule has 3 rings (SSSR count). The van der Waals surface area contributed by atoms with Crippen LogP contribution in [0.25, 0.3) is 0 Å². The Hall–Kier alpha value is -3.31. The molecule has 0 radical (unpaired) electrons. The summed E-state index contributed by atoms with van der Waals surface area (Å²) in [5, 5.41) is 3.04. The number of methoxy groups -OCH3 is 1. The second kappa shape index (κ2) is 10.5. The van der Waals surface area contributed by atoms with Gasteiger partial charge in [0.25, 0.3) is 5.91 Å². The lowest BCUT2D eigenvalue weighted by molar-refractivity contribution is 0.0941. The highest BCUT2D eigenvalue weighted by Gasteiger charge is 2.17. The molecule has 0 heterocycles. The fraction of sp³-hybridized carbons (Fsp3) is 0.240. The van der Waals surface area contributed by atoms with Crippen LogP contribution in [0.15, 0.2) is 78.9 Å². The Balaban J connectivity index is 1.63. The van der Waals surface area contributed by atoms with Crippen molar-refractivity contribution < 1.29 is 14.3 Å². The number of carbonyl (C=O) groups excluding carboxylic acids is 1. The van der Waals surface area contributed by atoms with Crippen LogP contribution in [0.3, 0.4) is 0 Å². The SMILES string of the molecule is COc1cccc(C(CNC(=O)c2cccc(OCc3ccccc3)c2)N(C)C)c1. The lowest BCUT2D eigenvalue weighted by atomic mass is 10.1. The van der Waals surface area contributed by atoms with Gasteiger partial charge in [0, 0.05) is 12.1 Å². The third-order valence-corrected chi connectivity index (χ3v) is 4.90. The fourth-order valence-electron chi connectivity index (χ4n) is 3.21. The number of nitrogens with one attached hydrogen (secondary N) is 1. The number of nitrogens with zero attached hydrogens (tertiary/aromatic N) is 1.